The number of hydrogen-bond acceptors (Lipinski definition) is 3. The molecule has 1 saturated heterocycles. The van der Waals surface area contributed by atoms with Crippen molar-refractivity contribution in [2.45, 2.75) is 44.7 Å². The zero-order chi connectivity index (χ0) is 15.1. The third-order valence-electron chi connectivity index (χ3n) is 3.79. The molecule has 1 aliphatic heterocycles. The average Bonchev–Trinajstić information content (AvgIpc) is 2.74. The number of carbonyl (C=O) groups is 2. The summed E-state index contributed by atoms with van der Waals surface area (Å²) in [6, 6.07) is 7.20. The van der Waals surface area contributed by atoms with Crippen LogP contribution in [0.3, 0.4) is 0 Å². The maximum atomic E-state index is 12.2. The Morgan fingerprint density at radius 1 is 1.19 bits per heavy atom. The first kappa shape index (κ1) is 15.5. The Bertz CT molecular complexity index is 494. The molecule has 1 heterocycles. The van der Waals surface area contributed by atoms with Crippen molar-refractivity contribution in [1.29, 1.82) is 0 Å². The van der Waals surface area contributed by atoms with E-state index < -0.39 is 5.97 Å². The topological polar surface area (TPSA) is 78.4 Å². The fraction of sp³-hybridized carbons (Fsp3) is 0.500. The molecule has 21 heavy (non-hydrogen) atoms. The number of aliphatic carboxylic acids is 1. The van der Waals surface area contributed by atoms with Gasteiger partial charge in [-0.15, -0.1) is 0 Å². The van der Waals surface area contributed by atoms with Crippen LogP contribution in [0.15, 0.2) is 24.3 Å². The highest BCUT2D eigenvalue weighted by molar-refractivity contribution is 5.81. The Morgan fingerprint density at radius 2 is 1.95 bits per heavy atom. The summed E-state index contributed by atoms with van der Waals surface area (Å²) in [5.41, 5.74) is 1.61. The standard InChI is InChI=1S/C16H22N2O3/c19-15(20)10-12-6-3-4-7-13(12)11-18-16(21)14-8-2-1-5-9-17-14/h3-4,6-7,14,17H,1-2,5,8-11H2,(H,18,21)(H,19,20). The van der Waals surface area contributed by atoms with Gasteiger partial charge >= 0.3 is 5.97 Å². The van der Waals surface area contributed by atoms with Crippen molar-refractivity contribution in [3.63, 3.8) is 0 Å². The van der Waals surface area contributed by atoms with Crippen LogP contribution in [0.5, 0.6) is 0 Å². The molecule has 114 valence electrons. The van der Waals surface area contributed by atoms with Crippen molar-refractivity contribution in [1.82, 2.24) is 10.6 Å². The van der Waals surface area contributed by atoms with Crippen LogP contribution >= 0.6 is 0 Å². The summed E-state index contributed by atoms with van der Waals surface area (Å²) >= 11 is 0. The van der Waals surface area contributed by atoms with E-state index in [1.165, 1.54) is 0 Å². The number of hydrogen-bond donors (Lipinski definition) is 3. The predicted molar refractivity (Wildman–Crippen MR) is 79.9 cm³/mol. The van der Waals surface area contributed by atoms with E-state index in [1.807, 2.05) is 18.2 Å². The lowest BCUT2D eigenvalue weighted by atomic mass is 10.0. The molecule has 0 bridgehead atoms. The molecular weight excluding hydrogens is 268 g/mol. The Hall–Kier alpha value is -1.88. The lowest BCUT2D eigenvalue weighted by Gasteiger charge is -2.16. The van der Waals surface area contributed by atoms with Gasteiger partial charge in [0.25, 0.3) is 0 Å². The Labute approximate surface area is 124 Å². The molecule has 5 heteroatoms. The van der Waals surface area contributed by atoms with Crippen LogP contribution in [-0.4, -0.2) is 29.6 Å². The Kier molecular flexibility index (Phi) is 5.75. The molecule has 3 N–H and O–H groups in total. The Morgan fingerprint density at radius 3 is 2.71 bits per heavy atom. The number of amides is 1. The van der Waals surface area contributed by atoms with Gasteiger partial charge in [0.1, 0.15) is 0 Å². The van der Waals surface area contributed by atoms with Crippen molar-refractivity contribution in [2.75, 3.05) is 6.54 Å². The molecule has 2 rings (SSSR count). The van der Waals surface area contributed by atoms with Gasteiger partial charge in [-0.3, -0.25) is 9.59 Å². The maximum absolute atomic E-state index is 12.2. The van der Waals surface area contributed by atoms with E-state index in [0.717, 1.165) is 43.4 Å². The molecule has 0 aliphatic carbocycles. The fourth-order valence-electron chi connectivity index (χ4n) is 2.62. The minimum Gasteiger partial charge on any atom is -0.481 e. The van der Waals surface area contributed by atoms with Gasteiger partial charge in [0.2, 0.25) is 5.91 Å². The second-order valence-corrected chi connectivity index (χ2v) is 5.41. The van der Waals surface area contributed by atoms with E-state index in [9.17, 15) is 9.59 Å². The molecule has 0 radical (unpaired) electrons. The molecule has 5 nitrogen and oxygen atoms in total. The molecule has 1 amide bonds. The van der Waals surface area contributed by atoms with Gasteiger partial charge in [-0.05, 0) is 30.5 Å². The quantitative estimate of drug-likeness (QED) is 0.767. The molecule has 1 fully saturated rings. The van der Waals surface area contributed by atoms with Crippen molar-refractivity contribution in [3.8, 4) is 0 Å². The van der Waals surface area contributed by atoms with Crippen LogP contribution < -0.4 is 10.6 Å². The third-order valence-corrected chi connectivity index (χ3v) is 3.79. The number of rotatable bonds is 5. The van der Waals surface area contributed by atoms with E-state index in [2.05, 4.69) is 10.6 Å². The van der Waals surface area contributed by atoms with Crippen LogP contribution in [0.25, 0.3) is 0 Å². The van der Waals surface area contributed by atoms with Gasteiger partial charge in [0.15, 0.2) is 0 Å². The van der Waals surface area contributed by atoms with Gasteiger partial charge in [-0.25, -0.2) is 0 Å². The zero-order valence-corrected chi connectivity index (χ0v) is 12.1. The maximum Gasteiger partial charge on any atom is 0.307 e. The zero-order valence-electron chi connectivity index (χ0n) is 12.1. The molecule has 1 atom stereocenters. The molecule has 1 aliphatic rings. The summed E-state index contributed by atoms with van der Waals surface area (Å²) in [6.45, 7) is 1.26. The van der Waals surface area contributed by atoms with E-state index in [0.29, 0.717) is 6.54 Å². The minimum absolute atomic E-state index is 0.00188. The van der Waals surface area contributed by atoms with Gasteiger partial charge in [0.05, 0.1) is 12.5 Å². The van der Waals surface area contributed by atoms with Crippen LogP contribution in [-0.2, 0) is 22.6 Å². The smallest absolute Gasteiger partial charge is 0.307 e. The van der Waals surface area contributed by atoms with Gasteiger partial charge in [-0.2, -0.15) is 0 Å². The summed E-state index contributed by atoms with van der Waals surface area (Å²) in [5, 5.41) is 15.1. The molecule has 1 aromatic carbocycles. The third kappa shape index (κ3) is 4.86. The second-order valence-electron chi connectivity index (χ2n) is 5.41. The number of nitrogens with one attached hydrogen (secondary N) is 2. The molecule has 1 unspecified atom stereocenters. The summed E-state index contributed by atoms with van der Waals surface area (Å²) in [7, 11) is 0. The average molecular weight is 290 g/mol. The van der Waals surface area contributed by atoms with Crippen molar-refractivity contribution < 1.29 is 14.7 Å². The summed E-state index contributed by atoms with van der Waals surface area (Å²) < 4.78 is 0. The Balaban J connectivity index is 1.92. The van der Waals surface area contributed by atoms with Gasteiger partial charge < -0.3 is 15.7 Å². The van der Waals surface area contributed by atoms with Crippen molar-refractivity contribution in [3.05, 3.63) is 35.4 Å². The van der Waals surface area contributed by atoms with Crippen LogP contribution in [0.1, 0.15) is 36.8 Å². The van der Waals surface area contributed by atoms with E-state index in [-0.39, 0.29) is 18.4 Å². The first-order valence-corrected chi connectivity index (χ1v) is 7.46. The summed E-state index contributed by atoms with van der Waals surface area (Å²) in [6.07, 6.45) is 4.19. The number of benzene rings is 1. The SMILES string of the molecule is O=C(O)Cc1ccccc1CNC(=O)C1CCCCCN1. The number of carboxylic acid groups (broad SMARTS) is 1. The highest BCUT2D eigenvalue weighted by atomic mass is 16.4. The predicted octanol–water partition coefficient (Wildman–Crippen LogP) is 1.46. The highest BCUT2D eigenvalue weighted by Crippen LogP contribution is 2.11. The van der Waals surface area contributed by atoms with Crippen LogP contribution in [0.4, 0.5) is 0 Å². The van der Waals surface area contributed by atoms with Gasteiger partial charge in [0, 0.05) is 6.54 Å². The van der Waals surface area contributed by atoms with Crippen LogP contribution in [0, 0.1) is 0 Å². The highest BCUT2D eigenvalue weighted by Gasteiger charge is 2.19. The molecule has 0 saturated carbocycles. The van der Waals surface area contributed by atoms with E-state index in [1.54, 1.807) is 6.07 Å². The van der Waals surface area contributed by atoms with Crippen molar-refractivity contribution in [2.24, 2.45) is 0 Å². The molecule has 1 aromatic rings. The largest absolute Gasteiger partial charge is 0.481 e. The number of carbonyl (C=O) groups excluding carboxylic acids is 1. The second kappa shape index (κ2) is 7.78. The molecule has 0 spiro atoms. The monoisotopic (exact) mass is 290 g/mol. The first-order valence-electron chi connectivity index (χ1n) is 7.46. The van der Waals surface area contributed by atoms with E-state index in [4.69, 9.17) is 5.11 Å². The normalized spacial score (nSPS) is 18.8. The molecule has 0 aromatic heterocycles. The molecular formula is C16H22N2O3. The minimum atomic E-state index is -0.862. The van der Waals surface area contributed by atoms with E-state index >= 15 is 0 Å². The summed E-state index contributed by atoms with van der Waals surface area (Å²) in [5.74, 6) is -0.860. The van der Waals surface area contributed by atoms with Gasteiger partial charge in [-0.1, -0.05) is 37.1 Å². The van der Waals surface area contributed by atoms with Crippen LogP contribution in [0.2, 0.25) is 0 Å². The number of carboxylic acids is 1. The lowest BCUT2D eigenvalue weighted by molar-refractivity contribution is -0.136. The lowest BCUT2D eigenvalue weighted by Crippen LogP contribution is -2.43. The summed E-state index contributed by atoms with van der Waals surface area (Å²) in [4.78, 5) is 23.0. The fourth-order valence-corrected chi connectivity index (χ4v) is 2.62. The first-order chi connectivity index (χ1) is 10.2. The van der Waals surface area contributed by atoms with Crippen molar-refractivity contribution >= 4 is 11.9 Å².